The number of rotatable bonds is 2. The van der Waals surface area contributed by atoms with Gasteiger partial charge < -0.3 is 19.7 Å². The van der Waals surface area contributed by atoms with Gasteiger partial charge in [0.15, 0.2) is 5.79 Å². The van der Waals surface area contributed by atoms with Gasteiger partial charge in [0, 0.05) is 26.1 Å². The van der Waals surface area contributed by atoms with E-state index in [9.17, 15) is 0 Å². The van der Waals surface area contributed by atoms with Crippen molar-refractivity contribution < 1.29 is 19.7 Å². The molecule has 2 N–H and O–H groups in total. The monoisotopic (exact) mass is 202 g/mol. The van der Waals surface area contributed by atoms with Crippen LogP contribution in [0.1, 0.15) is 19.3 Å². The Morgan fingerprint density at radius 2 is 1.50 bits per heavy atom. The van der Waals surface area contributed by atoms with Gasteiger partial charge in [-0.15, -0.1) is 0 Å². The lowest BCUT2D eigenvalue weighted by atomic mass is 9.98. The molecule has 14 heavy (non-hydrogen) atoms. The molecule has 2 fully saturated rings. The van der Waals surface area contributed by atoms with Crippen molar-refractivity contribution in [3.05, 3.63) is 0 Å². The fourth-order valence-electron chi connectivity index (χ4n) is 2.50. The van der Waals surface area contributed by atoms with Crippen molar-refractivity contribution in [1.82, 2.24) is 0 Å². The average Bonchev–Trinajstić information content (AvgIpc) is 2.57. The predicted octanol–water partition coefficient (Wildman–Crippen LogP) is 0.130. The number of aliphatic hydroxyl groups excluding tert-OH is 2. The first-order valence-corrected chi connectivity index (χ1v) is 5.29. The van der Waals surface area contributed by atoms with Crippen LogP contribution >= 0.6 is 0 Å². The molecular weight excluding hydrogens is 184 g/mol. The molecule has 0 radical (unpaired) electrons. The highest BCUT2D eigenvalue weighted by molar-refractivity contribution is 4.90. The fraction of sp³-hybridized carbons (Fsp3) is 1.00. The number of ether oxygens (including phenoxy) is 2. The van der Waals surface area contributed by atoms with Crippen molar-refractivity contribution >= 4 is 0 Å². The maximum absolute atomic E-state index is 9.16. The van der Waals surface area contributed by atoms with E-state index in [1.807, 2.05) is 0 Å². The zero-order valence-corrected chi connectivity index (χ0v) is 8.32. The molecule has 1 aliphatic heterocycles. The van der Waals surface area contributed by atoms with Crippen LogP contribution in [0.3, 0.4) is 0 Å². The van der Waals surface area contributed by atoms with E-state index < -0.39 is 5.79 Å². The van der Waals surface area contributed by atoms with Crippen LogP contribution in [0.25, 0.3) is 0 Å². The van der Waals surface area contributed by atoms with Crippen LogP contribution in [0.4, 0.5) is 0 Å². The highest BCUT2D eigenvalue weighted by Crippen LogP contribution is 2.43. The predicted molar refractivity (Wildman–Crippen MR) is 49.6 cm³/mol. The van der Waals surface area contributed by atoms with Crippen LogP contribution < -0.4 is 0 Å². The van der Waals surface area contributed by atoms with Gasteiger partial charge in [0.2, 0.25) is 0 Å². The van der Waals surface area contributed by atoms with E-state index in [1.165, 1.54) is 0 Å². The third-order valence-corrected chi connectivity index (χ3v) is 3.30. The Balaban J connectivity index is 2.01. The van der Waals surface area contributed by atoms with E-state index in [0.717, 1.165) is 19.6 Å². The van der Waals surface area contributed by atoms with Crippen LogP contribution in [-0.4, -0.2) is 42.4 Å². The topological polar surface area (TPSA) is 58.9 Å². The normalized spacial score (nSPS) is 36.4. The van der Waals surface area contributed by atoms with E-state index in [2.05, 4.69) is 0 Å². The summed E-state index contributed by atoms with van der Waals surface area (Å²) in [6, 6.07) is 0. The van der Waals surface area contributed by atoms with E-state index in [-0.39, 0.29) is 25.0 Å². The minimum atomic E-state index is -0.501. The van der Waals surface area contributed by atoms with Gasteiger partial charge in [-0.3, -0.25) is 0 Å². The summed E-state index contributed by atoms with van der Waals surface area (Å²) in [5.74, 6) is -0.254. The van der Waals surface area contributed by atoms with Gasteiger partial charge in [0.1, 0.15) is 0 Å². The lowest BCUT2D eigenvalue weighted by Crippen LogP contribution is -2.38. The highest BCUT2D eigenvalue weighted by Gasteiger charge is 2.47. The third kappa shape index (κ3) is 1.80. The molecule has 0 bridgehead atoms. The smallest absolute Gasteiger partial charge is 0.168 e. The van der Waals surface area contributed by atoms with Crippen molar-refractivity contribution in [3.8, 4) is 0 Å². The molecule has 2 aliphatic rings. The molecule has 1 saturated carbocycles. The molecule has 4 heteroatoms. The third-order valence-electron chi connectivity index (χ3n) is 3.30. The molecule has 1 heterocycles. The molecular formula is C10H18O4. The first kappa shape index (κ1) is 10.4. The maximum Gasteiger partial charge on any atom is 0.168 e. The van der Waals surface area contributed by atoms with Gasteiger partial charge in [-0.2, -0.15) is 0 Å². The van der Waals surface area contributed by atoms with Crippen molar-refractivity contribution in [2.24, 2.45) is 11.8 Å². The van der Waals surface area contributed by atoms with Gasteiger partial charge in [-0.1, -0.05) is 0 Å². The first-order chi connectivity index (χ1) is 6.79. The summed E-state index contributed by atoms with van der Waals surface area (Å²) >= 11 is 0. The molecule has 4 nitrogen and oxygen atoms in total. The van der Waals surface area contributed by atoms with E-state index in [0.29, 0.717) is 12.8 Å². The van der Waals surface area contributed by atoms with Gasteiger partial charge in [-0.05, 0) is 18.3 Å². The van der Waals surface area contributed by atoms with Gasteiger partial charge in [0.05, 0.1) is 13.2 Å². The van der Waals surface area contributed by atoms with Crippen molar-refractivity contribution in [3.63, 3.8) is 0 Å². The van der Waals surface area contributed by atoms with Crippen molar-refractivity contribution in [2.45, 2.75) is 25.0 Å². The first-order valence-electron chi connectivity index (χ1n) is 5.29. The van der Waals surface area contributed by atoms with Crippen molar-refractivity contribution in [1.29, 1.82) is 0 Å². The highest BCUT2D eigenvalue weighted by atomic mass is 16.7. The van der Waals surface area contributed by atoms with Crippen LogP contribution in [0.2, 0.25) is 0 Å². The van der Waals surface area contributed by atoms with Gasteiger partial charge in [-0.25, -0.2) is 0 Å². The largest absolute Gasteiger partial charge is 0.396 e. The molecule has 1 spiro atoms. The zero-order chi connectivity index (χ0) is 10.0. The van der Waals surface area contributed by atoms with Gasteiger partial charge >= 0.3 is 0 Å². The Bertz CT molecular complexity index is 175. The summed E-state index contributed by atoms with van der Waals surface area (Å²) in [6.07, 6.45) is 2.37. The minimum absolute atomic E-state index is 0.111. The van der Waals surface area contributed by atoms with Crippen molar-refractivity contribution in [2.75, 3.05) is 26.4 Å². The summed E-state index contributed by atoms with van der Waals surface area (Å²) in [7, 11) is 0. The molecule has 0 aromatic carbocycles. The van der Waals surface area contributed by atoms with Crippen LogP contribution in [0.15, 0.2) is 0 Å². The fourth-order valence-corrected chi connectivity index (χ4v) is 2.50. The SMILES string of the molecule is OCC1CC2(CC1CO)OCCCO2. The number of aliphatic hydroxyl groups is 2. The summed E-state index contributed by atoms with van der Waals surface area (Å²) in [4.78, 5) is 0. The standard InChI is InChI=1S/C10H18O4/c11-6-8-4-10(5-9(8)7-12)13-2-1-3-14-10/h8-9,11-12H,1-7H2. The van der Waals surface area contributed by atoms with Gasteiger partial charge in [0.25, 0.3) is 0 Å². The van der Waals surface area contributed by atoms with E-state index in [4.69, 9.17) is 19.7 Å². The summed E-state index contributed by atoms with van der Waals surface area (Å²) < 4.78 is 11.3. The molecule has 1 saturated heterocycles. The Morgan fingerprint density at radius 1 is 1.00 bits per heavy atom. The van der Waals surface area contributed by atoms with E-state index >= 15 is 0 Å². The molecule has 2 unspecified atom stereocenters. The Kier molecular flexibility index (Phi) is 3.07. The lowest BCUT2D eigenvalue weighted by molar-refractivity contribution is -0.265. The molecule has 82 valence electrons. The average molecular weight is 202 g/mol. The van der Waals surface area contributed by atoms with Crippen LogP contribution in [0.5, 0.6) is 0 Å². The second-order valence-corrected chi connectivity index (χ2v) is 4.25. The number of hydrogen-bond acceptors (Lipinski definition) is 4. The Labute approximate surface area is 83.8 Å². The van der Waals surface area contributed by atoms with E-state index in [1.54, 1.807) is 0 Å². The maximum atomic E-state index is 9.16. The second-order valence-electron chi connectivity index (χ2n) is 4.25. The minimum Gasteiger partial charge on any atom is -0.396 e. The summed E-state index contributed by atoms with van der Waals surface area (Å²) in [5, 5.41) is 18.3. The quantitative estimate of drug-likeness (QED) is 0.668. The summed E-state index contributed by atoms with van der Waals surface area (Å²) in [6.45, 7) is 1.69. The molecule has 2 rings (SSSR count). The molecule has 1 aliphatic carbocycles. The molecule has 0 aromatic rings. The Hall–Kier alpha value is -0.160. The zero-order valence-electron chi connectivity index (χ0n) is 8.32. The molecule has 0 aromatic heterocycles. The lowest BCUT2D eigenvalue weighted by Gasteiger charge is -2.34. The Morgan fingerprint density at radius 3 is 1.93 bits per heavy atom. The second kappa shape index (κ2) is 4.14. The summed E-state index contributed by atoms with van der Waals surface area (Å²) in [5.41, 5.74) is 0. The van der Waals surface area contributed by atoms with Crippen LogP contribution in [-0.2, 0) is 9.47 Å². The molecule has 2 atom stereocenters. The van der Waals surface area contributed by atoms with Crippen LogP contribution in [0, 0.1) is 11.8 Å². The molecule has 0 amide bonds. The number of hydrogen-bond donors (Lipinski definition) is 2.